The molecule has 0 heterocycles. The van der Waals surface area contributed by atoms with E-state index in [9.17, 15) is 0 Å². The quantitative estimate of drug-likeness (QED) is 0.646. The van der Waals surface area contributed by atoms with E-state index in [4.69, 9.17) is 0 Å². The van der Waals surface area contributed by atoms with E-state index in [1.807, 2.05) is 0 Å². The van der Waals surface area contributed by atoms with Crippen LogP contribution in [0.5, 0.6) is 0 Å². The predicted molar refractivity (Wildman–Crippen MR) is 91.5 cm³/mol. The predicted octanol–water partition coefficient (Wildman–Crippen LogP) is 5.90. The zero-order chi connectivity index (χ0) is 14.9. The molecule has 3 rings (SSSR count). The van der Waals surface area contributed by atoms with Crippen LogP contribution in [0.25, 0.3) is 0 Å². The molecule has 0 amide bonds. The van der Waals surface area contributed by atoms with Gasteiger partial charge in [0.05, 0.1) is 0 Å². The van der Waals surface area contributed by atoms with Gasteiger partial charge < -0.3 is 0 Å². The molecule has 2 aliphatic rings. The lowest BCUT2D eigenvalue weighted by molar-refractivity contribution is 0.133. The van der Waals surface area contributed by atoms with Gasteiger partial charge >= 0.3 is 0 Å². The molecule has 112 valence electrons. The van der Waals surface area contributed by atoms with E-state index < -0.39 is 0 Å². The smallest absolute Gasteiger partial charge is 0.00262 e. The van der Waals surface area contributed by atoms with Crippen molar-refractivity contribution in [2.75, 3.05) is 0 Å². The van der Waals surface area contributed by atoms with Gasteiger partial charge in [-0.05, 0) is 60.0 Å². The van der Waals surface area contributed by atoms with Crippen molar-refractivity contribution in [3.8, 4) is 0 Å². The molecule has 0 saturated carbocycles. The van der Waals surface area contributed by atoms with Gasteiger partial charge in [-0.15, -0.1) is 0 Å². The third-order valence-corrected chi connectivity index (χ3v) is 6.07. The van der Waals surface area contributed by atoms with Crippen molar-refractivity contribution in [1.29, 1.82) is 0 Å². The monoisotopic (exact) mass is 280 g/mol. The highest BCUT2D eigenvalue weighted by atomic mass is 14.5. The van der Waals surface area contributed by atoms with E-state index in [0.717, 1.165) is 0 Å². The van der Waals surface area contributed by atoms with Crippen molar-refractivity contribution in [1.82, 2.24) is 0 Å². The maximum atomic E-state index is 2.50. The van der Waals surface area contributed by atoms with Gasteiger partial charge in [-0.25, -0.2) is 0 Å². The Bertz CT molecular complexity index is 549. The summed E-state index contributed by atoms with van der Waals surface area (Å²) in [5, 5.41) is 0. The molecule has 1 aromatic carbocycles. The molecule has 3 unspecified atom stereocenters. The molecule has 0 fully saturated rings. The Hall–Kier alpha value is -1.30. The first-order valence-corrected chi connectivity index (χ1v) is 8.57. The molecule has 21 heavy (non-hydrogen) atoms. The summed E-state index contributed by atoms with van der Waals surface area (Å²) in [6.07, 6.45) is 14.5. The standard InChI is InChI=1S/C21H28/c1-16(2)21(14-7-4-8-15-21)17(3)19-13-9-11-18-10-5-6-12-20(18)19/h4-8,10,12,14,16-17,19H,9,11,13,15H2,1-3H3. The molecule has 0 nitrogen and oxygen atoms in total. The minimum Gasteiger partial charge on any atom is -0.0837 e. The average molecular weight is 280 g/mol. The van der Waals surface area contributed by atoms with Crippen LogP contribution in [0, 0.1) is 17.3 Å². The van der Waals surface area contributed by atoms with E-state index in [2.05, 4.69) is 69.3 Å². The number of hydrogen-bond acceptors (Lipinski definition) is 0. The van der Waals surface area contributed by atoms with Gasteiger partial charge in [-0.2, -0.15) is 0 Å². The summed E-state index contributed by atoms with van der Waals surface area (Å²) in [6, 6.07) is 9.15. The fourth-order valence-electron chi connectivity index (χ4n) is 4.63. The minimum atomic E-state index is 0.323. The Morgan fingerprint density at radius 3 is 2.62 bits per heavy atom. The zero-order valence-corrected chi connectivity index (χ0v) is 13.7. The Morgan fingerprint density at radius 2 is 1.90 bits per heavy atom. The fourth-order valence-corrected chi connectivity index (χ4v) is 4.63. The number of rotatable bonds is 3. The van der Waals surface area contributed by atoms with Crippen LogP contribution in [0.2, 0.25) is 0 Å². The van der Waals surface area contributed by atoms with Crippen LogP contribution in [0.15, 0.2) is 48.6 Å². The normalized spacial score (nSPS) is 29.4. The van der Waals surface area contributed by atoms with Crippen LogP contribution in [0.3, 0.4) is 0 Å². The molecule has 0 aliphatic heterocycles. The molecule has 3 atom stereocenters. The average Bonchev–Trinajstić information content (AvgIpc) is 2.54. The van der Waals surface area contributed by atoms with Crippen molar-refractivity contribution >= 4 is 0 Å². The van der Waals surface area contributed by atoms with E-state index in [0.29, 0.717) is 23.2 Å². The first kappa shape index (κ1) is 14.6. The van der Waals surface area contributed by atoms with Crippen LogP contribution in [-0.2, 0) is 6.42 Å². The van der Waals surface area contributed by atoms with Crippen LogP contribution in [-0.4, -0.2) is 0 Å². The topological polar surface area (TPSA) is 0 Å². The van der Waals surface area contributed by atoms with Crippen molar-refractivity contribution in [2.24, 2.45) is 17.3 Å². The Morgan fingerprint density at radius 1 is 1.10 bits per heavy atom. The van der Waals surface area contributed by atoms with E-state index in [1.165, 1.54) is 25.7 Å². The van der Waals surface area contributed by atoms with Crippen LogP contribution >= 0.6 is 0 Å². The first-order valence-electron chi connectivity index (χ1n) is 8.57. The Labute approximate surface area is 130 Å². The molecule has 0 N–H and O–H groups in total. The summed E-state index contributed by atoms with van der Waals surface area (Å²) < 4.78 is 0. The lowest BCUT2D eigenvalue weighted by atomic mass is 9.58. The number of fused-ring (bicyclic) bond motifs is 1. The summed E-state index contributed by atoms with van der Waals surface area (Å²) in [5.41, 5.74) is 3.54. The Kier molecular flexibility index (Phi) is 4.06. The van der Waals surface area contributed by atoms with E-state index in [1.54, 1.807) is 11.1 Å². The highest BCUT2D eigenvalue weighted by molar-refractivity contribution is 5.34. The summed E-state index contributed by atoms with van der Waals surface area (Å²) in [7, 11) is 0. The van der Waals surface area contributed by atoms with E-state index >= 15 is 0 Å². The lowest BCUT2D eigenvalue weighted by Gasteiger charge is -2.46. The van der Waals surface area contributed by atoms with Gasteiger partial charge in [-0.1, -0.05) is 69.3 Å². The Balaban J connectivity index is 1.96. The highest BCUT2D eigenvalue weighted by Crippen LogP contribution is 2.51. The molecular weight excluding hydrogens is 252 g/mol. The maximum absolute atomic E-state index is 2.50. The van der Waals surface area contributed by atoms with Crippen molar-refractivity contribution in [2.45, 2.75) is 52.4 Å². The third kappa shape index (κ3) is 2.50. The van der Waals surface area contributed by atoms with Crippen LogP contribution < -0.4 is 0 Å². The fraction of sp³-hybridized carbons (Fsp3) is 0.524. The minimum absolute atomic E-state index is 0.323. The number of aryl methyl sites for hydroxylation is 1. The second kappa shape index (κ2) is 5.83. The lowest BCUT2D eigenvalue weighted by Crippen LogP contribution is -2.37. The van der Waals surface area contributed by atoms with Crippen LogP contribution in [0.4, 0.5) is 0 Å². The summed E-state index contributed by atoms with van der Waals surface area (Å²) >= 11 is 0. The van der Waals surface area contributed by atoms with Gasteiger partial charge in [0, 0.05) is 0 Å². The van der Waals surface area contributed by atoms with Crippen molar-refractivity contribution < 1.29 is 0 Å². The van der Waals surface area contributed by atoms with Gasteiger partial charge in [-0.3, -0.25) is 0 Å². The molecule has 0 spiro atoms. The molecule has 0 saturated heterocycles. The van der Waals surface area contributed by atoms with Gasteiger partial charge in [0.1, 0.15) is 0 Å². The van der Waals surface area contributed by atoms with Gasteiger partial charge in [0.2, 0.25) is 0 Å². The zero-order valence-electron chi connectivity index (χ0n) is 13.7. The van der Waals surface area contributed by atoms with E-state index in [-0.39, 0.29) is 0 Å². The van der Waals surface area contributed by atoms with Crippen LogP contribution in [0.1, 0.15) is 57.1 Å². The first-order chi connectivity index (χ1) is 10.1. The number of allylic oxidation sites excluding steroid dienone is 4. The van der Waals surface area contributed by atoms with Crippen molar-refractivity contribution in [3.05, 3.63) is 59.7 Å². The molecule has 0 heteroatoms. The third-order valence-electron chi connectivity index (χ3n) is 6.07. The maximum Gasteiger partial charge on any atom is -0.00262 e. The molecule has 1 aromatic rings. The van der Waals surface area contributed by atoms with Crippen molar-refractivity contribution in [3.63, 3.8) is 0 Å². The number of benzene rings is 1. The molecule has 0 aromatic heterocycles. The highest BCUT2D eigenvalue weighted by Gasteiger charge is 2.41. The summed E-state index contributed by atoms with van der Waals surface area (Å²) in [6.45, 7) is 7.29. The summed E-state index contributed by atoms with van der Waals surface area (Å²) in [5.74, 6) is 2.09. The SMILES string of the molecule is CC(C)C1(C(C)C2CCCc3ccccc32)C=CC=CC1. The summed E-state index contributed by atoms with van der Waals surface area (Å²) in [4.78, 5) is 0. The van der Waals surface area contributed by atoms with Gasteiger partial charge in [0.15, 0.2) is 0 Å². The van der Waals surface area contributed by atoms with Gasteiger partial charge in [0.25, 0.3) is 0 Å². The largest absolute Gasteiger partial charge is 0.0837 e. The second-order valence-corrected chi connectivity index (χ2v) is 7.24. The second-order valence-electron chi connectivity index (χ2n) is 7.24. The molecule has 0 radical (unpaired) electrons. The molecular formula is C21H28. The number of hydrogen-bond donors (Lipinski definition) is 0. The molecule has 2 aliphatic carbocycles. The molecule has 0 bridgehead atoms.